The normalized spacial score (nSPS) is 19.0. The highest BCUT2D eigenvalue weighted by molar-refractivity contribution is 9.10. The van der Waals surface area contributed by atoms with Crippen molar-refractivity contribution in [1.82, 2.24) is 0 Å². The molecule has 6 nitrogen and oxygen atoms in total. The van der Waals surface area contributed by atoms with Crippen LogP contribution in [0.4, 0.5) is 5.69 Å². The van der Waals surface area contributed by atoms with E-state index in [1.54, 1.807) is 0 Å². The number of halogens is 1. The van der Waals surface area contributed by atoms with E-state index < -0.39 is 18.5 Å². The van der Waals surface area contributed by atoms with Crippen molar-refractivity contribution in [2.45, 2.75) is 45.1 Å². The number of rotatable bonds is 8. The van der Waals surface area contributed by atoms with E-state index in [0.29, 0.717) is 15.4 Å². The first-order valence-electron chi connectivity index (χ1n) is 9.66. The molecule has 8 heteroatoms. The van der Waals surface area contributed by atoms with Gasteiger partial charge in [-0.05, 0) is 65.2 Å². The summed E-state index contributed by atoms with van der Waals surface area (Å²) in [6.45, 7) is 1.65. The molecule has 0 radical (unpaired) electrons. The lowest BCUT2D eigenvalue weighted by Crippen LogP contribution is -2.25. The fourth-order valence-electron chi connectivity index (χ4n) is 3.69. The zero-order chi connectivity index (χ0) is 21.0. The second-order valence-electron chi connectivity index (χ2n) is 7.24. The third-order valence-corrected chi connectivity index (χ3v) is 7.49. The zero-order valence-corrected chi connectivity index (χ0v) is 18.5. The van der Waals surface area contributed by atoms with E-state index in [-0.39, 0.29) is 10.6 Å². The molecule has 2 aromatic rings. The number of hydrogen-bond donors (Lipinski definition) is 3. The topological polar surface area (TPSA) is 95.9 Å². The summed E-state index contributed by atoms with van der Waals surface area (Å²) in [7, 11) is 0. The number of benzene rings is 1. The molecule has 156 valence electrons. The van der Waals surface area contributed by atoms with Crippen molar-refractivity contribution in [2.24, 2.45) is 5.92 Å². The van der Waals surface area contributed by atoms with Gasteiger partial charge >= 0.3 is 11.9 Å². The summed E-state index contributed by atoms with van der Waals surface area (Å²) in [4.78, 5) is 23.1. The highest BCUT2D eigenvalue weighted by Crippen LogP contribution is 2.46. The van der Waals surface area contributed by atoms with Gasteiger partial charge in [-0.15, -0.1) is 11.3 Å². The van der Waals surface area contributed by atoms with E-state index in [1.807, 2.05) is 24.3 Å². The molecule has 3 rings (SSSR count). The summed E-state index contributed by atoms with van der Waals surface area (Å²) in [5, 5.41) is 21.9. The standard InChI is InChI=1S/C21H24BrNO5S/c1-2-12-6-8-14(9-7-12)23-15-5-3-4-13(10-15)19-17(22)18(28-11-16(24)25)20(29-19)21(26)27/h3-5,10,12,14,23H,2,6-9,11H2,1H3,(H,24,25)(H,26,27). The molecule has 3 N–H and O–H groups in total. The van der Waals surface area contributed by atoms with Gasteiger partial charge in [0.15, 0.2) is 17.2 Å². The van der Waals surface area contributed by atoms with Crippen LogP contribution in [0.25, 0.3) is 10.4 Å². The maximum Gasteiger partial charge on any atom is 0.349 e. The van der Waals surface area contributed by atoms with Crippen LogP contribution in [-0.4, -0.2) is 34.8 Å². The van der Waals surface area contributed by atoms with Gasteiger partial charge in [-0.25, -0.2) is 9.59 Å². The van der Waals surface area contributed by atoms with Crippen LogP contribution in [-0.2, 0) is 4.79 Å². The van der Waals surface area contributed by atoms with Gasteiger partial charge in [-0.2, -0.15) is 0 Å². The molecule has 0 spiro atoms. The largest absolute Gasteiger partial charge is 0.479 e. The molecule has 1 heterocycles. The molecule has 0 amide bonds. The van der Waals surface area contributed by atoms with Crippen molar-refractivity contribution in [3.05, 3.63) is 33.6 Å². The highest BCUT2D eigenvalue weighted by atomic mass is 79.9. The molecular weight excluding hydrogens is 458 g/mol. The van der Waals surface area contributed by atoms with Crippen molar-refractivity contribution < 1.29 is 24.5 Å². The van der Waals surface area contributed by atoms with Gasteiger partial charge in [0.05, 0.1) is 9.35 Å². The number of thiophene rings is 1. The van der Waals surface area contributed by atoms with Gasteiger partial charge in [0.25, 0.3) is 0 Å². The zero-order valence-electron chi connectivity index (χ0n) is 16.1. The van der Waals surface area contributed by atoms with E-state index in [2.05, 4.69) is 28.2 Å². The maximum absolute atomic E-state index is 11.6. The molecule has 0 aliphatic heterocycles. The minimum absolute atomic E-state index is 0.0237. The number of hydrogen-bond acceptors (Lipinski definition) is 5. The minimum Gasteiger partial charge on any atom is -0.479 e. The van der Waals surface area contributed by atoms with Gasteiger partial charge in [-0.3, -0.25) is 0 Å². The van der Waals surface area contributed by atoms with Crippen LogP contribution in [0.1, 0.15) is 48.7 Å². The molecule has 0 bridgehead atoms. The Kier molecular flexibility index (Phi) is 7.18. The average molecular weight is 482 g/mol. The van der Waals surface area contributed by atoms with Crippen LogP contribution in [0.3, 0.4) is 0 Å². The van der Waals surface area contributed by atoms with Crippen LogP contribution >= 0.6 is 27.3 Å². The number of carboxylic acids is 2. The van der Waals surface area contributed by atoms with Gasteiger partial charge in [-0.1, -0.05) is 25.5 Å². The SMILES string of the molecule is CCC1CCC(Nc2cccc(-c3sc(C(=O)O)c(OCC(=O)O)c3Br)c2)CC1. The second-order valence-corrected chi connectivity index (χ2v) is 9.06. The van der Waals surface area contributed by atoms with E-state index in [4.69, 9.17) is 9.84 Å². The summed E-state index contributed by atoms with van der Waals surface area (Å²) in [5.74, 6) is -1.43. The molecule has 0 atom stereocenters. The number of anilines is 1. The maximum atomic E-state index is 11.6. The molecule has 29 heavy (non-hydrogen) atoms. The summed E-state index contributed by atoms with van der Waals surface area (Å²) in [6, 6.07) is 8.29. The van der Waals surface area contributed by atoms with E-state index in [0.717, 1.165) is 41.3 Å². The first kappa shape index (κ1) is 21.6. The third kappa shape index (κ3) is 5.30. The quantitative estimate of drug-likeness (QED) is 0.446. The summed E-state index contributed by atoms with van der Waals surface area (Å²) < 4.78 is 5.69. The summed E-state index contributed by atoms with van der Waals surface area (Å²) in [6.07, 6.45) is 6.05. The van der Waals surface area contributed by atoms with Crippen LogP contribution < -0.4 is 10.1 Å². The fourth-order valence-corrected chi connectivity index (χ4v) is 5.57. The minimum atomic E-state index is -1.16. The highest BCUT2D eigenvalue weighted by Gasteiger charge is 2.25. The number of carbonyl (C=O) groups is 2. The monoisotopic (exact) mass is 481 g/mol. The average Bonchev–Trinajstić information content (AvgIpc) is 3.04. The number of aliphatic carboxylic acids is 1. The molecule has 0 saturated heterocycles. The van der Waals surface area contributed by atoms with Crippen molar-refractivity contribution in [2.75, 3.05) is 11.9 Å². The van der Waals surface area contributed by atoms with Gasteiger partial charge in [0.2, 0.25) is 0 Å². The summed E-state index contributed by atoms with van der Waals surface area (Å²) >= 11 is 4.47. The first-order chi connectivity index (χ1) is 13.9. The van der Waals surface area contributed by atoms with E-state index >= 15 is 0 Å². The lowest BCUT2D eigenvalue weighted by molar-refractivity contribution is -0.139. The summed E-state index contributed by atoms with van der Waals surface area (Å²) in [5.41, 5.74) is 1.84. The number of nitrogens with one attached hydrogen (secondary N) is 1. The predicted molar refractivity (Wildman–Crippen MR) is 117 cm³/mol. The second kappa shape index (κ2) is 9.63. The van der Waals surface area contributed by atoms with Crippen molar-refractivity contribution in [3.8, 4) is 16.2 Å². The molecule has 1 fully saturated rings. The lowest BCUT2D eigenvalue weighted by atomic mass is 9.84. The van der Waals surface area contributed by atoms with Crippen LogP contribution in [0, 0.1) is 5.92 Å². The Morgan fingerprint density at radius 3 is 2.59 bits per heavy atom. The number of carboxylic acid groups (broad SMARTS) is 2. The van der Waals surface area contributed by atoms with Gasteiger partial charge in [0, 0.05) is 11.7 Å². The fraction of sp³-hybridized carbons (Fsp3) is 0.429. The van der Waals surface area contributed by atoms with Crippen molar-refractivity contribution in [1.29, 1.82) is 0 Å². The van der Waals surface area contributed by atoms with Gasteiger partial charge < -0.3 is 20.3 Å². The molecular formula is C21H24BrNO5S. The first-order valence-corrected chi connectivity index (χ1v) is 11.3. The number of ether oxygens (including phenoxy) is 1. The Morgan fingerprint density at radius 2 is 1.97 bits per heavy atom. The molecule has 1 aliphatic rings. The van der Waals surface area contributed by atoms with Crippen LogP contribution in [0.2, 0.25) is 0 Å². The molecule has 1 aromatic heterocycles. The molecule has 1 aliphatic carbocycles. The van der Waals surface area contributed by atoms with Gasteiger partial charge in [0.1, 0.15) is 0 Å². The smallest absolute Gasteiger partial charge is 0.349 e. The predicted octanol–water partition coefficient (Wildman–Crippen LogP) is 5.72. The Morgan fingerprint density at radius 1 is 1.24 bits per heavy atom. The van der Waals surface area contributed by atoms with E-state index in [1.165, 1.54) is 19.3 Å². The Hall–Kier alpha value is -2.06. The van der Waals surface area contributed by atoms with Crippen LogP contribution in [0.15, 0.2) is 28.7 Å². The van der Waals surface area contributed by atoms with E-state index in [9.17, 15) is 14.7 Å². The lowest BCUT2D eigenvalue weighted by Gasteiger charge is -2.29. The Balaban J connectivity index is 1.82. The Labute approximate surface area is 182 Å². The third-order valence-electron chi connectivity index (χ3n) is 5.26. The van der Waals surface area contributed by atoms with Crippen LogP contribution in [0.5, 0.6) is 5.75 Å². The number of aromatic carboxylic acids is 1. The Bertz CT molecular complexity index is 889. The molecule has 0 unspecified atom stereocenters. The molecule has 1 saturated carbocycles. The van der Waals surface area contributed by atoms with Crippen molar-refractivity contribution in [3.63, 3.8) is 0 Å². The van der Waals surface area contributed by atoms with Crippen molar-refractivity contribution >= 4 is 44.9 Å². The molecule has 1 aromatic carbocycles.